The maximum Gasteiger partial charge on any atom is 0.339 e. The Morgan fingerprint density at radius 2 is 2.37 bits per heavy atom. The summed E-state index contributed by atoms with van der Waals surface area (Å²) in [6, 6.07) is 5.51. The molecule has 5 nitrogen and oxygen atoms in total. The summed E-state index contributed by atoms with van der Waals surface area (Å²) in [5.74, 6) is -0.394. The molecular weight excluding hydrogens is 244 g/mol. The Bertz CT molecular complexity index is 462. The van der Waals surface area contributed by atoms with Crippen molar-refractivity contribution in [1.29, 1.82) is 0 Å². The normalized spacial score (nSPS) is 20.2. The second-order valence-corrected chi connectivity index (χ2v) is 4.83. The first-order valence-corrected chi connectivity index (χ1v) is 6.41. The van der Waals surface area contributed by atoms with Gasteiger partial charge in [0.2, 0.25) is 0 Å². The van der Waals surface area contributed by atoms with Gasteiger partial charge in [0, 0.05) is 25.3 Å². The first-order chi connectivity index (χ1) is 9.10. The van der Waals surface area contributed by atoms with E-state index in [-0.39, 0.29) is 6.10 Å². The van der Waals surface area contributed by atoms with Crippen molar-refractivity contribution in [3.63, 3.8) is 0 Å². The fourth-order valence-corrected chi connectivity index (χ4v) is 2.28. The zero-order chi connectivity index (χ0) is 13.8. The average molecular weight is 264 g/mol. The average Bonchev–Trinajstić information content (AvgIpc) is 2.40. The molecule has 0 amide bonds. The Morgan fingerprint density at radius 3 is 3.05 bits per heavy atom. The van der Waals surface area contributed by atoms with Gasteiger partial charge in [0.25, 0.3) is 0 Å². The molecule has 0 radical (unpaired) electrons. The monoisotopic (exact) mass is 264 g/mol. The molecule has 1 aromatic carbocycles. The molecule has 1 heterocycles. The summed E-state index contributed by atoms with van der Waals surface area (Å²) in [5.41, 5.74) is 7.73. The number of anilines is 1. The van der Waals surface area contributed by atoms with Crippen LogP contribution in [0.25, 0.3) is 0 Å². The molecule has 1 aliphatic rings. The van der Waals surface area contributed by atoms with Crippen molar-refractivity contribution in [3.05, 3.63) is 29.3 Å². The summed E-state index contributed by atoms with van der Waals surface area (Å²) in [6.07, 6.45) is 0.252. The van der Waals surface area contributed by atoms with Gasteiger partial charge in [-0.1, -0.05) is 6.07 Å². The molecule has 0 aliphatic carbocycles. The van der Waals surface area contributed by atoms with Gasteiger partial charge in [-0.3, -0.25) is 4.90 Å². The smallest absolute Gasteiger partial charge is 0.339 e. The van der Waals surface area contributed by atoms with Gasteiger partial charge >= 0.3 is 5.97 Å². The largest absolute Gasteiger partial charge is 0.465 e. The van der Waals surface area contributed by atoms with Gasteiger partial charge in [-0.2, -0.15) is 0 Å². The number of esters is 1. The predicted octanol–water partition coefficient (Wildman–Crippen LogP) is 1.28. The summed E-state index contributed by atoms with van der Waals surface area (Å²) in [4.78, 5) is 13.9. The van der Waals surface area contributed by atoms with Crippen LogP contribution in [0.5, 0.6) is 0 Å². The number of hydrogen-bond acceptors (Lipinski definition) is 5. The lowest BCUT2D eigenvalue weighted by Crippen LogP contribution is -2.40. The van der Waals surface area contributed by atoms with E-state index in [4.69, 9.17) is 15.2 Å². The zero-order valence-corrected chi connectivity index (χ0v) is 11.4. The number of morpholine rings is 1. The number of nitrogens with two attached hydrogens (primary N) is 1. The minimum absolute atomic E-state index is 0.252. The second kappa shape index (κ2) is 6.04. The molecule has 5 heteroatoms. The number of rotatable bonds is 3. The number of nitrogen functional groups attached to an aromatic ring is 1. The van der Waals surface area contributed by atoms with E-state index in [0.717, 1.165) is 31.8 Å². The van der Waals surface area contributed by atoms with Crippen molar-refractivity contribution in [1.82, 2.24) is 4.90 Å². The highest BCUT2D eigenvalue weighted by Gasteiger charge is 2.18. The lowest BCUT2D eigenvalue weighted by Gasteiger charge is -2.31. The van der Waals surface area contributed by atoms with E-state index in [2.05, 4.69) is 11.8 Å². The number of ether oxygens (including phenoxy) is 2. The zero-order valence-electron chi connectivity index (χ0n) is 11.4. The standard InChI is InChI=1S/C14H20N2O3/c1-10-8-16(5-6-19-10)9-11-3-4-13(15)12(7-11)14(17)18-2/h3-4,7,10H,5-6,8-9,15H2,1-2H3/t10-/m0/s1. The molecule has 2 N–H and O–H groups in total. The fraction of sp³-hybridized carbons (Fsp3) is 0.500. The summed E-state index contributed by atoms with van der Waals surface area (Å²) >= 11 is 0. The minimum Gasteiger partial charge on any atom is -0.465 e. The lowest BCUT2D eigenvalue weighted by molar-refractivity contribution is -0.0212. The first kappa shape index (κ1) is 13.8. The summed E-state index contributed by atoms with van der Waals surface area (Å²) in [6.45, 7) is 5.41. The van der Waals surface area contributed by atoms with Crippen LogP contribution in [0.3, 0.4) is 0 Å². The number of benzene rings is 1. The Balaban J connectivity index is 2.10. The molecule has 1 fully saturated rings. The highest BCUT2D eigenvalue weighted by atomic mass is 16.5. The van der Waals surface area contributed by atoms with Crippen LogP contribution in [-0.2, 0) is 16.0 Å². The number of nitrogens with zero attached hydrogens (tertiary/aromatic N) is 1. The summed E-state index contributed by atoms with van der Waals surface area (Å²) in [7, 11) is 1.36. The van der Waals surface area contributed by atoms with Crippen LogP contribution in [0.2, 0.25) is 0 Å². The van der Waals surface area contributed by atoms with E-state index >= 15 is 0 Å². The molecular formula is C14H20N2O3. The van der Waals surface area contributed by atoms with E-state index in [1.54, 1.807) is 12.1 Å². The molecule has 0 saturated carbocycles. The van der Waals surface area contributed by atoms with Crippen LogP contribution in [0, 0.1) is 0 Å². The summed E-state index contributed by atoms with van der Waals surface area (Å²) < 4.78 is 10.2. The van der Waals surface area contributed by atoms with Gasteiger partial charge in [0.1, 0.15) is 0 Å². The van der Waals surface area contributed by atoms with Crippen molar-refractivity contribution in [2.75, 3.05) is 32.5 Å². The van der Waals surface area contributed by atoms with Crippen LogP contribution in [-0.4, -0.2) is 43.8 Å². The second-order valence-electron chi connectivity index (χ2n) is 4.83. The maximum absolute atomic E-state index is 11.6. The highest BCUT2D eigenvalue weighted by Crippen LogP contribution is 2.17. The van der Waals surface area contributed by atoms with Crippen molar-refractivity contribution in [2.45, 2.75) is 19.6 Å². The Hall–Kier alpha value is -1.59. The van der Waals surface area contributed by atoms with Crippen LogP contribution in [0.4, 0.5) is 5.69 Å². The number of methoxy groups -OCH3 is 1. The van der Waals surface area contributed by atoms with Gasteiger partial charge in [-0.15, -0.1) is 0 Å². The Labute approximate surface area is 113 Å². The Kier molecular flexibility index (Phi) is 4.39. The van der Waals surface area contributed by atoms with E-state index in [1.165, 1.54) is 7.11 Å². The van der Waals surface area contributed by atoms with Crippen molar-refractivity contribution in [2.24, 2.45) is 0 Å². The SMILES string of the molecule is COC(=O)c1cc(CN2CCO[C@@H](C)C2)ccc1N. The quantitative estimate of drug-likeness (QED) is 0.658. The molecule has 1 atom stereocenters. The first-order valence-electron chi connectivity index (χ1n) is 6.41. The topological polar surface area (TPSA) is 64.8 Å². The Morgan fingerprint density at radius 1 is 1.58 bits per heavy atom. The van der Waals surface area contributed by atoms with E-state index in [1.807, 2.05) is 6.07 Å². The molecule has 1 saturated heterocycles. The van der Waals surface area contributed by atoms with Gasteiger partial charge in [-0.05, 0) is 24.6 Å². The van der Waals surface area contributed by atoms with Crippen LogP contribution in [0.15, 0.2) is 18.2 Å². The van der Waals surface area contributed by atoms with Crippen LogP contribution >= 0.6 is 0 Å². The van der Waals surface area contributed by atoms with E-state index < -0.39 is 5.97 Å². The van der Waals surface area contributed by atoms with E-state index in [0.29, 0.717) is 11.3 Å². The number of hydrogen-bond donors (Lipinski definition) is 1. The van der Waals surface area contributed by atoms with Gasteiger partial charge in [-0.25, -0.2) is 4.79 Å². The highest BCUT2D eigenvalue weighted by molar-refractivity contribution is 5.95. The molecule has 1 aromatic rings. The third-order valence-electron chi connectivity index (χ3n) is 3.25. The molecule has 19 heavy (non-hydrogen) atoms. The van der Waals surface area contributed by atoms with Gasteiger partial charge in [0.15, 0.2) is 0 Å². The van der Waals surface area contributed by atoms with Crippen LogP contribution < -0.4 is 5.73 Å². The third-order valence-corrected chi connectivity index (χ3v) is 3.25. The molecule has 104 valence electrons. The molecule has 0 unspecified atom stereocenters. The summed E-state index contributed by atoms with van der Waals surface area (Å²) in [5, 5.41) is 0. The molecule has 1 aliphatic heterocycles. The van der Waals surface area contributed by atoms with Crippen molar-refractivity contribution < 1.29 is 14.3 Å². The maximum atomic E-state index is 11.6. The fourth-order valence-electron chi connectivity index (χ4n) is 2.28. The molecule has 0 bridgehead atoms. The third kappa shape index (κ3) is 3.45. The molecule has 0 spiro atoms. The lowest BCUT2D eigenvalue weighted by atomic mass is 10.1. The van der Waals surface area contributed by atoms with Crippen molar-refractivity contribution >= 4 is 11.7 Å². The molecule has 2 rings (SSSR count). The number of carbonyl (C=O) groups excluding carboxylic acids is 1. The van der Waals surface area contributed by atoms with Crippen LogP contribution in [0.1, 0.15) is 22.8 Å². The van der Waals surface area contributed by atoms with Crippen molar-refractivity contribution in [3.8, 4) is 0 Å². The van der Waals surface area contributed by atoms with Gasteiger partial charge < -0.3 is 15.2 Å². The molecule has 0 aromatic heterocycles. The predicted molar refractivity (Wildman–Crippen MR) is 72.9 cm³/mol. The number of carbonyl (C=O) groups is 1. The van der Waals surface area contributed by atoms with E-state index in [9.17, 15) is 4.79 Å². The van der Waals surface area contributed by atoms with Gasteiger partial charge in [0.05, 0.1) is 25.4 Å². The minimum atomic E-state index is -0.394.